The number of aromatic nitrogens is 2. The highest BCUT2D eigenvalue weighted by molar-refractivity contribution is 5.77. The lowest BCUT2D eigenvalue weighted by Gasteiger charge is -2.25. The number of imidazole rings is 1. The molecule has 0 bridgehead atoms. The number of nitrogens with two attached hydrogens (primary N) is 1. The first-order valence-electron chi connectivity index (χ1n) is 7.15. The second-order valence-corrected chi connectivity index (χ2v) is 5.84. The molecule has 2 aromatic rings. The molecule has 1 aromatic carbocycles. The first-order chi connectivity index (χ1) is 9.86. The zero-order valence-electron chi connectivity index (χ0n) is 11.8. The van der Waals surface area contributed by atoms with E-state index < -0.39 is 11.7 Å². The van der Waals surface area contributed by atoms with Crippen molar-refractivity contribution in [2.24, 2.45) is 12.8 Å². The lowest BCUT2D eigenvalue weighted by Crippen LogP contribution is -2.26. The van der Waals surface area contributed by atoms with Gasteiger partial charge in [-0.05, 0) is 43.9 Å². The van der Waals surface area contributed by atoms with E-state index in [-0.39, 0.29) is 12.0 Å². The minimum Gasteiger partial charge on any atom is -0.331 e. The predicted molar refractivity (Wildman–Crippen MR) is 74.9 cm³/mol. The zero-order valence-corrected chi connectivity index (χ0v) is 11.8. The van der Waals surface area contributed by atoms with Gasteiger partial charge < -0.3 is 10.3 Å². The van der Waals surface area contributed by atoms with Gasteiger partial charge in [-0.25, -0.2) is 4.98 Å². The Labute approximate surface area is 121 Å². The maximum absolute atomic E-state index is 12.8. The number of rotatable bonds is 1. The Kier molecular flexibility index (Phi) is 3.43. The molecule has 3 rings (SSSR count). The molecule has 0 radical (unpaired) electrons. The SMILES string of the molecule is Cn1c(C2CCC(N)CC2)nc2cc(C(F)(F)F)ccc21. The molecule has 0 unspecified atom stereocenters. The summed E-state index contributed by atoms with van der Waals surface area (Å²) in [7, 11) is 1.87. The number of hydrogen-bond donors (Lipinski definition) is 1. The molecule has 0 aliphatic heterocycles. The minimum absolute atomic E-state index is 0.243. The lowest BCUT2D eigenvalue weighted by molar-refractivity contribution is -0.137. The van der Waals surface area contributed by atoms with Crippen molar-refractivity contribution in [2.45, 2.75) is 43.8 Å². The van der Waals surface area contributed by atoms with Crippen LogP contribution in [0.25, 0.3) is 11.0 Å². The molecule has 1 fully saturated rings. The average Bonchev–Trinajstić information content (AvgIpc) is 2.76. The van der Waals surface area contributed by atoms with Gasteiger partial charge in [0.15, 0.2) is 0 Å². The normalized spacial score (nSPS) is 23.7. The molecule has 1 saturated carbocycles. The molecule has 0 atom stereocenters. The molecule has 1 aliphatic carbocycles. The van der Waals surface area contributed by atoms with E-state index in [0.29, 0.717) is 5.52 Å². The Balaban J connectivity index is 1.99. The topological polar surface area (TPSA) is 43.8 Å². The fourth-order valence-electron chi connectivity index (χ4n) is 3.14. The van der Waals surface area contributed by atoms with Crippen LogP contribution in [0.15, 0.2) is 18.2 Å². The Morgan fingerprint density at radius 3 is 2.48 bits per heavy atom. The fourth-order valence-corrected chi connectivity index (χ4v) is 3.14. The largest absolute Gasteiger partial charge is 0.416 e. The van der Waals surface area contributed by atoms with Gasteiger partial charge in [-0.1, -0.05) is 0 Å². The van der Waals surface area contributed by atoms with Crippen molar-refractivity contribution in [3.05, 3.63) is 29.6 Å². The van der Waals surface area contributed by atoms with Crippen molar-refractivity contribution in [3.63, 3.8) is 0 Å². The van der Waals surface area contributed by atoms with Gasteiger partial charge in [-0.15, -0.1) is 0 Å². The number of benzene rings is 1. The van der Waals surface area contributed by atoms with E-state index in [1.165, 1.54) is 6.07 Å². The molecule has 6 heteroatoms. The molecule has 0 saturated heterocycles. The summed E-state index contributed by atoms with van der Waals surface area (Å²) in [4.78, 5) is 4.46. The fraction of sp³-hybridized carbons (Fsp3) is 0.533. The number of halogens is 3. The van der Waals surface area contributed by atoms with Crippen LogP contribution in [0.4, 0.5) is 13.2 Å². The number of alkyl halides is 3. The van der Waals surface area contributed by atoms with E-state index in [1.54, 1.807) is 0 Å². The highest BCUT2D eigenvalue weighted by Gasteiger charge is 2.31. The molecule has 3 nitrogen and oxygen atoms in total. The number of nitrogens with zero attached hydrogens (tertiary/aromatic N) is 2. The van der Waals surface area contributed by atoms with Gasteiger partial charge in [0.1, 0.15) is 5.82 Å². The summed E-state index contributed by atoms with van der Waals surface area (Å²) in [5, 5.41) is 0. The first-order valence-corrected chi connectivity index (χ1v) is 7.15. The van der Waals surface area contributed by atoms with Crippen molar-refractivity contribution in [3.8, 4) is 0 Å². The van der Waals surface area contributed by atoms with Gasteiger partial charge in [0.2, 0.25) is 0 Å². The van der Waals surface area contributed by atoms with Crippen LogP contribution >= 0.6 is 0 Å². The van der Waals surface area contributed by atoms with Crippen LogP contribution in [0.2, 0.25) is 0 Å². The van der Waals surface area contributed by atoms with Gasteiger partial charge in [-0.3, -0.25) is 0 Å². The maximum Gasteiger partial charge on any atom is 0.416 e. The Morgan fingerprint density at radius 1 is 1.19 bits per heavy atom. The van der Waals surface area contributed by atoms with Crippen LogP contribution in [-0.2, 0) is 13.2 Å². The zero-order chi connectivity index (χ0) is 15.2. The summed E-state index contributed by atoms with van der Waals surface area (Å²) in [6.07, 6.45) is -0.540. The van der Waals surface area contributed by atoms with Crippen molar-refractivity contribution in [1.29, 1.82) is 0 Å². The van der Waals surface area contributed by atoms with Crippen molar-refractivity contribution >= 4 is 11.0 Å². The van der Waals surface area contributed by atoms with Crippen molar-refractivity contribution in [1.82, 2.24) is 9.55 Å². The molecule has 21 heavy (non-hydrogen) atoms. The average molecular weight is 297 g/mol. The van der Waals surface area contributed by atoms with E-state index in [2.05, 4.69) is 4.98 Å². The third-order valence-electron chi connectivity index (χ3n) is 4.38. The molecule has 1 heterocycles. The highest BCUT2D eigenvalue weighted by Crippen LogP contribution is 2.35. The Bertz CT molecular complexity index is 652. The monoisotopic (exact) mass is 297 g/mol. The third-order valence-corrected chi connectivity index (χ3v) is 4.38. The third kappa shape index (κ3) is 2.64. The molecular formula is C15H18F3N3. The smallest absolute Gasteiger partial charge is 0.331 e. The minimum atomic E-state index is -4.33. The van der Waals surface area contributed by atoms with Crippen molar-refractivity contribution in [2.75, 3.05) is 0 Å². The van der Waals surface area contributed by atoms with Crippen LogP contribution in [0.5, 0.6) is 0 Å². The maximum atomic E-state index is 12.8. The Morgan fingerprint density at radius 2 is 1.86 bits per heavy atom. The van der Waals surface area contributed by atoms with Crippen LogP contribution in [0.3, 0.4) is 0 Å². The van der Waals surface area contributed by atoms with E-state index in [0.717, 1.165) is 49.2 Å². The standard InChI is InChI=1S/C15H18F3N3/c1-21-13-7-4-10(15(16,17)18)8-12(13)20-14(21)9-2-5-11(19)6-3-9/h4,7-9,11H,2-3,5-6,19H2,1H3. The summed E-state index contributed by atoms with van der Waals surface area (Å²) < 4.78 is 40.2. The van der Waals surface area contributed by atoms with Gasteiger partial charge in [0, 0.05) is 19.0 Å². The quantitative estimate of drug-likeness (QED) is 0.874. The van der Waals surface area contributed by atoms with E-state index in [1.807, 2.05) is 11.6 Å². The van der Waals surface area contributed by atoms with Crippen LogP contribution in [0, 0.1) is 0 Å². The summed E-state index contributed by atoms with van der Waals surface area (Å²) in [6.45, 7) is 0. The summed E-state index contributed by atoms with van der Waals surface area (Å²) in [6, 6.07) is 3.99. The number of aryl methyl sites for hydroxylation is 1. The van der Waals surface area contributed by atoms with E-state index in [9.17, 15) is 13.2 Å². The highest BCUT2D eigenvalue weighted by atomic mass is 19.4. The van der Waals surface area contributed by atoms with Gasteiger partial charge in [0.05, 0.1) is 16.6 Å². The molecule has 1 aromatic heterocycles. The van der Waals surface area contributed by atoms with E-state index in [4.69, 9.17) is 5.73 Å². The molecule has 0 amide bonds. The second kappa shape index (κ2) is 5.02. The molecule has 2 N–H and O–H groups in total. The summed E-state index contributed by atoms with van der Waals surface area (Å²) in [5.74, 6) is 1.16. The first kappa shape index (κ1) is 14.4. The number of hydrogen-bond acceptors (Lipinski definition) is 2. The van der Waals surface area contributed by atoms with Crippen LogP contribution in [-0.4, -0.2) is 15.6 Å². The predicted octanol–water partition coefficient (Wildman–Crippen LogP) is 3.58. The lowest BCUT2D eigenvalue weighted by atomic mass is 9.86. The molecule has 0 spiro atoms. The second-order valence-electron chi connectivity index (χ2n) is 5.84. The van der Waals surface area contributed by atoms with Gasteiger partial charge in [0.25, 0.3) is 0 Å². The van der Waals surface area contributed by atoms with E-state index >= 15 is 0 Å². The van der Waals surface area contributed by atoms with Gasteiger partial charge in [-0.2, -0.15) is 13.2 Å². The van der Waals surface area contributed by atoms with Crippen molar-refractivity contribution < 1.29 is 13.2 Å². The summed E-state index contributed by atoms with van der Waals surface area (Å²) >= 11 is 0. The molecule has 114 valence electrons. The Hall–Kier alpha value is -1.56. The summed E-state index contributed by atoms with van der Waals surface area (Å²) in [5.41, 5.74) is 6.41. The van der Waals surface area contributed by atoms with Crippen LogP contribution in [0.1, 0.15) is 43.0 Å². The molecular weight excluding hydrogens is 279 g/mol. The van der Waals surface area contributed by atoms with Crippen LogP contribution < -0.4 is 5.73 Å². The number of fused-ring (bicyclic) bond motifs is 1. The molecule has 1 aliphatic rings. The van der Waals surface area contributed by atoms with Gasteiger partial charge >= 0.3 is 6.18 Å².